The van der Waals surface area contributed by atoms with Gasteiger partial charge in [-0.15, -0.1) is 0 Å². The van der Waals surface area contributed by atoms with Crippen LogP contribution in [0.15, 0.2) is 24.3 Å². The normalized spacial score (nSPS) is 17.3. The third kappa shape index (κ3) is 4.12. The molecule has 1 N–H and O–H groups in total. The molecule has 0 radical (unpaired) electrons. The van der Waals surface area contributed by atoms with Gasteiger partial charge in [-0.05, 0) is 39.1 Å². The van der Waals surface area contributed by atoms with Gasteiger partial charge in [-0.2, -0.15) is 0 Å². The van der Waals surface area contributed by atoms with Gasteiger partial charge in [-0.3, -0.25) is 0 Å². The Morgan fingerprint density at radius 1 is 1.20 bits per heavy atom. The van der Waals surface area contributed by atoms with Gasteiger partial charge in [0.25, 0.3) is 0 Å². The molecule has 20 heavy (non-hydrogen) atoms. The van der Waals surface area contributed by atoms with Crippen LogP contribution in [-0.4, -0.2) is 57.4 Å². The molecule has 0 bridgehead atoms. The summed E-state index contributed by atoms with van der Waals surface area (Å²) >= 11 is 0. The second-order valence-electron chi connectivity index (χ2n) is 6.28. The molecule has 1 heterocycles. The largest absolute Gasteiger partial charge is 0.382 e. The Labute approximate surface area is 122 Å². The first-order chi connectivity index (χ1) is 9.50. The lowest BCUT2D eigenvalue weighted by Crippen LogP contribution is -2.44. The first kappa shape index (κ1) is 15.1. The average molecular weight is 277 g/mol. The highest BCUT2D eigenvalue weighted by molar-refractivity contribution is 5.59. The summed E-state index contributed by atoms with van der Waals surface area (Å²) in [6.45, 7) is 9.45. The van der Waals surface area contributed by atoms with Crippen molar-refractivity contribution < 1.29 is 4.74 Å². The number of hydrogen-bond donors (Lipinski definition) is 1. The summed E-state index contributed by atoms with van der Waals surface area (Å²) in [5.74, 6) is 0. The molecule has 112 valence electrons. The predicted octanol–water partition coefficient (Wildman–Crippen LogP) is 2.28. The maximum absolute atomic E-state index is 5.26. The highest BCUT2D eigenvalue weighted by atomic mass is 16.5. The van der Waals surface area contributed by atoms with Gasteiger partial charge in [0.05, 0.1) is 12.1 Å². The fourth-order valence-electron chi connectivity index (χ4n) is 2.63. The van der Waals surface area contributed by atoms with Crippen molar-refractivity contribution in [3.05, 3.63) is 24.3 Å². The molecular weight excluding hydrogens is 250 g/mol. The van der Waals surface area contributed by atoms with Crippen LogP contribution in [0.25, 0.3) is 0 Å². The first-order valence-electron chi connectivity index (χ1n) is 7.31. The Hall–Kier alpha value is -1.26. The Kier molecular flexibility index (Phi) is 4.89. The molecule has 2 rings (SSSR count). The molecule has 4 nitrogen and oxygen atoms in total. The van der Waals surface area contributed by atoms with E-state index >= 15 is 0 Å². The lowest BCUT2D eigenvalue weighted by atomic mass is 10.1. The zero-order chi connectivity index (χ0) is 14.6. The van der Waals surface area contributed by atoms with E-state index in [1.54, 1.807) is 7.11 Å². The summed E-state index contributed by atoms with van der Waals surface area (Å²) in [5, 5.41) is 3.55. The maximum atomic E-state index is 5.26. The van der Waals surface area contributed by atoms with Gasteiger partial charge < -0.3 is 19.9 Å². The molecule has 1 saturated heterocycles. The number of anilines is 2. The second-order valence-corrected chi connectivity index (χ2v) is 6.28. The summed E-state index contributed by atoms with van der Waals surface area (Å²) in [4.78, 5) is 4.83. The van der Waals surface area contributed by atoms with Crippen LogP contribution in [0.5, 0.6) is 0 Å². The summed E-state index contributed by atoms with van der Waals surface area (Å²) < 4.78 is 5.26. The van der Waals surface area contributed by atoms with E-state index in [9.17, 15) is 0 Å². The number of hydrogen-bond acceptors (Lipinski definition) is 4. The highest BCUT2D eigenvalue weighted by Gasteiger charge is 2.18. The second kappa shape index (κ2) is 6.46. The molecule has 4 heteroatoms. The average Bonchev–Trinajstić information content (AvgIpc) is 2.39. The zero-order valence-corrected chi connectivity index (χ0v) is 13.1. The Morgan fingerprint density at radius 2 is 1.90 bits per heavy atom. The topological polar surface area (TPSA) is 27.7 Å². The van der Waals surface area contributed by atoms with Crippen molar-refractivity contribution in [2.45, 2.75) is 19.4 Å². The van der Waals surface area contributed by atoms with Gasteiger partial charge >= 0.3 is 0 Å². The molecule has 0 amide bonds. The molecule has 1 aromatic rings. The number of ether oxygens (including phenoxy) is 1. The van der Waals surface area contributed by atoms with Crippen molar-refractivity contribution in [2.24, 2.45) is 0 Å². The standard InChI is InChI=1S/C16H27N3O/c1-16(2,13-20-4)17-14-6-5-7-15(12-14)19-10-8-18(3)9-11-19/h5-7,12,17H,8-11,13H2,1-4H3. The smallest absolute Gasteiger partial charge is 0.0687 e. The summed E-state index contributed by atoms with van der Waals surface area (Å²) in [6, 6.07) is 8.68. The van der Waals surface area contributed by atoms with E-state index in [1.807, 2.05) is 0 Å². The monoisotopic (exact) mass is 277 g/mol. The molecule has 1 aliphatic heterocycles. The Morgan fingerprint density at radius 3 is 2.55 bits per heavy atom. The van der Waals surface area contributed by atoms with E-state index in [2.05, 4.69) is 60.3 Å². The number of rotatable bonds is 5. The van der Waals surface area contributed by atoms with E-state index in [-0.39, 0.29) is 5.54 Å². The van der Waals surface area contributed by atoms with Crippen LogP contribution in [0.2, 0.25) is 0 Å². The number of benzene rings is 1. The molecule has 1 aliphatic rings. The van der Waals surface area contributed by atoms with Crippen molar-refractivity contribution in [3.8, 4) is 0 Å². The first-order valence-corrected chi connectivity index (χ1v) is 7.31. The van der Waals surface area contributed by atoms with Gasteiger partial charge in [-0.25, -0.2) is 0 Å². The van der Waals surface area contributed by atoms with Gasteiger partial charge in [-0.1, -0.05) is 6.07 Å². The van der Waals surface area contributed by atoms with E-state index in [1.165, 1.54) is 5.69 Å². The number of likely N-dealkylation sites (N-methyl/N-ethyl adjacent to an activating group) is 1. The molecule has 0 saturated carbocycles. The fourth-order valence-corrected chi connectivity index (χ4v) is 2.63. The highest BCUT2D eigenvalue weighted by Crippen LogP contribution is 2.23. The summed E-state index contributed by atoms with van der Waals surface area (Å²) in [5.41, 5.74) is 2.40. The fraction of sp³-hybridized carbons (Fsp3) is 0.625. The minimum atomic E-state index is -0.0600. The molecule has 0 aromatic heterocycles. The lowest BCUT2D eigenvalue weighted by Gasteiger charge is -2.34. The molecular formula is C16H27N3O. The number of nitrogens with zero attached hydrogens (tertiary/aromatic N) is 2. The summed E-state index contributed by atoms with van der Waals surface area (Å²) in [7, 11) is 3.92. The number of nitrogens with one attached hydrogen (secondary N) is 1. The molecule has 0 unspecified atom stereocenters. The van der Waals surface area contributed by atoms with Gasteiger partial charge in [0.15, 0.2) is 0 Å². The van der Waals surface area contributed by atoms with Crippen LogP contribution < -0.4 is 10.2 Å². The van der Waals surface area contributed by atoms with Gasteiger partial charge in [0, 0.05) is 44.7 Å². The molecule has 0 atom stereocenters. The maximum Gasteiger partial charge on any atom is 0.0687 e. The molecule has 1 fully saturated rings. The SMILES string of the molecule is COCC(C)(C)Nc1cccc(N2CCN(C)CC2)c1. The number of methoxy groups -OCH3 is 1. The van der Waals surface area contributed by atoms with E-state index in [0.717, 1.165) is 31.9 Å². The van der Waals surface area contributed by atoms with Crippen molar-refractivity contribution in [2.75, 3.05) is 57.2 Å². The minimum Gasteiger partial charge on any atom is -0.382 e. The predicted molar refractivity (Wildman–Crippen MR) is 85.7 cm³/mol. The Bertz CT molecular complexity index is 425. The molecule has 0 spiro atoms. The van der Waals surface area contributed by atoms with Crippen LogP contribution in [0.4, 0.5) is 11.4 Å². The summed E-state index contributed by atoms with van der Waals surface area (Å²) in [6.07, 6.45) is 0. The third-order valence-electron chi connectivity index (χ3n) is 3.70. The lowest BCUT2D eigenvalue weighted by molar-refractivity contribution is 0.158. The Balaban J connectivity index is 2.04. The van der Waals surface area contributed by atoms with Crippen molar-refractivity contribution in [1.29, 1.82) is 0 Å². The van der Waals surface area contributed by atoms with Crippen LogP contribution >= 0.6 is 0 Å². The quantitative estimate of drug-likeness (QED) is 0.893. The van der Waals surface area contributed by atoms with Gasteiger partial charge in [0.2, 0.25) is 0 Å². The van der Waals surface area contributed by atoms with Gasteiger partial charge in [0.1, 0.15) is 0 Å². The van der Waals surface area contributed by atoms with E-state index < -0.39 is 0 Å². The molecule has 1 aromatic carbocycles. The van der Waals surface area contributed by atoms with Crippen LogP contribution in [0.1, 0.15) is 13.8 Å². The van der Waals surface area contributed by atoms with Crippen LogP contribution in [0.3, 0.4) is 0 Å². The van der Waals surface area contributed by atoms with Crippen molar-refractivity contribution >= 4 is 11.4 Å². The zero-order valence-electron chi connectivity index (χ0n) is 13.1. The minimum absolute atomic E-state index is 0.0600. The van der Waals surface area contributed by atoms with Crippen molar-refractivity contribution in [3.63, 3.8) is 0 Å². The number of piperazine rings is 1. The van der Waals surface area contributed by atoms with E-state index in [0.29, 0.717) is 6.61 Å². The van der Waals surface area contributed by atoms with Crippen LogP contribution in [-0.2, 0) is 4.74 Å². The van der Waals surface area contributed by atoms with Crippen molar-refractivity contribution in [1.82, 2.24) is 4.90 Å². The molecule has 0 aliphatic carbocycles. The third-order valence-corrected chi connectivity index (χ3v) is 3.70. The van der Waals surface area contributed by atoms with E-state index in [4.69, 9.17) is 4.74 Å². The van der Waals surface area contributed by atoms with Crippen LogP contribution in [0, 0.1) is 0 Å².